The van der Waals surface area contributed by atoms with Crippen molar-refractivity contribution in [1.82, 2.24) is 4.98 Å². The predicted molar refractivity (Wildman–Crippen MR) is 95.4 cm³/mol. The third kappa shape index (κ3) is 5.06. The summed E-state index contributed by atoms with van der Waals surface area (Å²) in [5.74, 6) is -0.521. The van der Waals surface area contributed by atoms with E-state index in [2.05, 4.69) is 15.0 Å². The Morgan fingerprint density at radius 2 is 2.00 bits per heavy atom. The molecule has 2 aromatic rings. The van der Waals surface area contributed by atoms with E-state index in [1.54, 1.807) is 25.1 Å². The molecule has 1 aromatic carbocycles. The minimum absolute atomic E-state index is 0.0450. The standard InChI is InChI=1S/C17H16N4O4S/c1-2-25-17(22)13(11-18)12-20-14-6-8-15(9-7-14)26(23,24)21-16-5-3-4-10-19-16/h3-10,12,20H,2H2,1H3,(H,19,21)/b13-12+. The quantitative estimate of drug-likeness (QED) is 0.434. The van der Waals surface area contributed by atoms with Crippen molar-refractivity contribution in [2.24, 2.45) is 0 Å². The van der Waals surface area contributed by atoms with Gasteiger partial charge in [0, 0.05) is 18.1 Å². The molecule has 8 nitrogen and oxygen atoms in total. The zero-order valence-electron chi connectivity index (χ0n) is 13.8. The van der Waals surface area contributed by atoms with Gasteiger partial charge in [0.15, 0.2) is 5.57 Å². The van der Waals surface area contributed by atoms with Crippen LogP contribution in [0.5, 0.6) is 0 Å². The molecular formula is C17H16N4O4S. The summed E-state index contributed by atoms with van der Waals surface area (Å²) >= 11 is 0. The maximum atomic E-state index is 12.3. The largest absolute Gasteiger partial charge is 0.462 e. The molecule has 2 rings (SSSR count). The Bertz CT molecular complexity index is 933. The number of sulfonamides is 1. The van der Waals surface area contributed by atoms with Gasteiger partial charge in [-0.15, -0.1) is 0 Å². The first-order valence-electron chi connectivity index (χ1n) is 7.54. The number of hydrogen-bond donors (Lipinski definition) is 2. The molecule has 1 aromatic heterocycles. The molecule has 0 unspecified atom stereocenters. The highest BCUT2D eigenvalue weighted by molar-refractivity contribution is 7.92. The maximum Gasteiger partial charge on any atom is 0.350 e. The number of nitrogens with zero attached hydrogens (tertiary/aromatic N) is 2. The van der Waals surface area contributed by atoms with Crippen LogP contribution < -0.4 is 10.0 Å². The monoisotopic (exact) mass is 372 g/mol. The van der Waals surface area contributed by atoms with E-state index in [9.17, 15) is 13.2 Å². The molecule has 1 heterocycles. The number of ether oxygens (including phenoxy) is 1. The molecule has 0 bridgehead atoms. The van der Waals surface area contributed by atoms with Crippen molar-refractivity contribution in [3.05, 3.63) is 60.4 Å². The zero-order valence-corrected chi connectivity index (χ0v) is 14.7. The van der Waals surface area contributed by atoms with Crippen LogP contribution in [0.4, 0.5) is 11.5 Å². The van der Waals surface area contributed by atoms with Crippen molar-refractivity contribution in [2.75, 3.05) is 16.6 Å². The van der Waals surface area contributed by atoms with Crippen LogP contribution >= 0.6 is 0 Å². The maximum absolute atomic E-state index is 12.3. The molecule has 0 atom stereocenters. The number of anilines is 2. The van der Waals surface area contributed by atoms with Crippen LogP contribution in [0.2, 0.25) is 0 Å². The molecule has 2 N–H and O–H groups in total. The Kier molecular flexibility index (Phi) is 6.30. The van der Waals surface area contributed by atoms with E-state index in [0.29, 0.717) is 5.69 Å². The number of esters is 1. The number of benzene rings is 1. The Morgan fingerprint density at radius 1 is 1.27 bits per heavy atom. The smallest absolute Gasteiger partial charge is 0.350 e. The third-order valence-corrected chi connectivity index (χ3v) is 4.44. The minimum atomic E-state index is -3.77. The summed E-state index contributed by atoms with van der Waals surface area (Å²) in [4.78, 5) is 15.5. The topological polar surface area (TPSA) is 121 Å². The van der Waals surface area contributed by atoms with Crippen molar-refractivity contribution in [2.45, 2.75) is 11.8 Å². The fraction of sp³-hybridized carbons (Fsp3) is 0.118. The Labute approximate surface area is 151 Å². The first-order chi connectivity index (χ1) is 12.5. The highest BCUT2D eigenvalue weighted by Crippen LogP contribution is 2.17. The van der Waals surface area contributed by atoms with E-state index < -0.39 is 16.0 Å². The SMILES string of the molecule is CCOC(=O)/C(C#N)=C/Nc1ccc(S(=O)(=O)Nc2ccccn2)cc1. The van der Waals surface area contributed by atoms with Crippen molar-refractivity contribution in [3.8, 4) is 6.07 Å². The summed E-state index contributed by atoms with van der Waals surface area (Å²) in [5.41, 5.74) is 0.305. The van der Waals surface area contributed by atoms with Gasteiger partial charge in [0.05, 0.1) is 11.5 Å². The van der Waals surface area contributed by atoms with Gasteiger partial charge in [-0.1, -0.05) is 6.07 Å². The summed E-state index contributed by atoms with van der Waals surface area (Å²) in [5, 5.41) is 11.7. The average molecular weight is 372 g/mol. The lowest BCUT2D eigenvalue weighted by atomic mass is 10.3. The number of aromatic nitrogens is 1. The summed E-state index contributed by atoms with van der Waals surface area (Å²) < 4.78 is 31.7. The van der Waals surface area contributed by atoms with Crippen LogP contribution in [0, 0.1) is 11.3 Å². The molecule has 0 aliphatic carbocycles. The molecule has 0 saturated carbocycles. The van der Waals surface area contributed by atoms with Gasteiger partial charge in [-0.2, -0.15) is 5.26 Å². The lowest BCUT2D eigenvalue weighted by Gasteiger charge is -2.08. The van der Waals surface area contributed by atoms with Gasteiger partial charge in [-0.3, -0.25) is 4.72 Å². The highest BCUT2D eigenvalue weighted by atomic mass is 32.2. The van der Waals surface area contributed by atoms with E-state index >= 15 is 0 Å². The second-order valence-corrected chi connectivity index (χ2v) is 6.56. The lowest BCUT2D eigenvalue weighted by Crippen LogP contribution is -2.13. The molecule has 0 aliphatic rings. The van der Waals surface area contributed by atoms with Crippen LogP contribution in [0.15, 0.2) is 65.3 Å². The van der Waals surface area contributed by atoms with Crippen LogP contribution in [0.1, 0.15) is 6.92 Å². The molecular weight excluding hydrogens is 356 g/mol. The Morgan fingerprint density at radius 3 is 2.58 bits per heavy atom. The average Bonchev–Trinajstić information content (AvgIpc) is 2.63. The van der Waals surface area contributed by atoms with Gasteiger partial charge in [-0.25, -0.2) is 18.2 Å². The Balaban J connectivity index is 2.10. The minimum Gasteiger partial charge on any atom is -0.462 e. The molecule has 0 aliphatic heterocycles. The van der Waals surface area contributed by atoms with Crippen molar-refractivity contribution in [3.63, 3.8) is 0 Å². The van der Waals surface area contributed by atoms with Gasteiger partial charge >= 0.3 is 5.97 Å². The lowest BCUT2D eigenvalue weighted by molar-refractivity contribution is -0.138. The molecule has 0 fully saturated rings. The summed E-state index contributed by atoms with van der Waals surface area (Å²) in [6, 6.07) is 12.4. The van der Waals surface area contributed by atoms with E-state index in [0.717, 1.165) is 0 Å². The number of carbonyl (C=O) groups is 1. The molecule has 26 heavy (non-hydrogen) atoms. The molecule has 0 radical (unpaired) electrons. The normalized spacial score (nSPS) is 11.3. The number of hydrogen-bond acceptors (Lipinski definition) is 7. The first kappa shape index (κ1) is 19.0. The molecule has 0 amide bonds. The van der Waals surface area contributed by atoms with Crippen LogP contribution in [-0.2, 0) is 19.6 Å². The fourth-order valence-corrected chi connectivity index (χ4v) is 2.86. The number of pyridine rings is 1. The predicted octanol–water partition coefficient (Wildman–Crippen LogP) is 2.26. The van der Waals surface area contributed by atoms with E-state index in [1.807, 2.05) is 0 Å². The van der Waals surface area contributed by atoms with E-state index in [1.165, 1.54) is 42.7 Å². The molecule has 9 heteroatoms. The second-order valence-electron chi connectivity index (χ2n) is 4.88. The second kappa shape index (κ2) is 8.64. The highest BCUT2D eigenvalue weighted by Gasteiger charge is 2.14. The number of rotatable bonds is 7. The zero-order chi connectivity index (χ0) is 19.0. The third-order valence-electron chi connectivity index (χ3n) is 3.07. The van der Waals surface area contributed by atoms with Crippen molar-refractivity contribution >= 4 is 27.5 Å². The van der Waals surface area contributed by atoms with Crippen LogP contribution in [0.3, 0.4) is 0 Å². The van der Waals surface area contributed by atoms with Gasteiger partial charge in [-0.05, 0) is 43.3 Å². The molecule has 0 spiro atoms. The first-order valence-corrected chi connectivity index (χ1v) is 9.02. The summed E-state index contributed by atoms with van der Waals surface area (Å²) in [7, 11) is -3.77. The van der Waals surface area contributed by atoms with E-state index in [-0.39, 0.29) is 22.9 Å². The summed E-state index contributed by atoms with van der Waals surface area (Å²) in [6.45, 7) is 1.80. The summed E-state index contributed by atoms with van der Waals surface area (Å²) in [6.07, 6.45) is 2.68. The van der Waals surface area contributed by atoms with Crippen molar-refractivity contribution < 1.29 is 17.9 Å². The molecule has 0 saturated heterocycles. The van der Waals surface area contributed by atoms with Gasteiger partial charge in [0.25, 0.3) is 10.0 Å². The number of carbonyl (C=O) groups excluding carboxylic acids is 1. The van der Waals surface area contributed by atoms with Crippen LogP contribution in [0.25, 0.3) is 0 Å². The number of nitrogens with one attached hydrogen (secondary N) is 2. The molecule has 134 valence electrons. The van der Waals surface area contributed by atoms with Gasteiger partial charge < -0.3 is 10.1 Å². The Hall–Kier alpha value is -3.38. The van der Waals surface area contributed by atoms with Crippen LogP contribution in [-0.4, -0.2) is 26.0 Å². The van der Waals surface area contributed by atoms with Gasteiger partial charge in [0.1, 0.15) is 11.9 Å². The number of nitriles is 1. The van der Waals surface area contributed by atoms with Crippen molar-refractivity contribution in [1.29, 1.82) is 5.26 Å². The van der Waals surface area contributed by atoms with E-state index in [4.69, 9.17) is 10.00 Å². The fourth-order valence-electron chi connectivity index (χ4n) is 1.85. The van der Waals surface area contributed by atoms with Gasteiger partial charge in [0.2, 0.25) is 0 Å².